The Bertz CT molecular complexity index is 880. The Hall–Kier alpha value is -2.44. The molecule has 2 heterocycles. The van der Waals surface area contributed by atoms with Gasteiger partial charge in [0.05, 0.1) is 32.5 Å². The first-order valence-corrected chi connectivity index (χ1v) is 11.7. The van der Waals surface area contributed by atoms with Crippen molar-refractivity contribution in [3.05, 3.63) is 47.0 Å². The number of aliphatic hydroxyl groups is 1. The topological polar surface area (TPSA) is 60.4 Å². The van der Waals surface area contributed by atoms with Crippen molar-refractivity contribution in [3.8, 4) is 23.0 Å². The van der Waals surface area contributed by atoms with E-state index in [1.807, 2.05) is 18.2 Å². The lowest BCUT2D eigenvalue weighted by molar-refractivity contribution is 0.148. The van der Waals surface area contributed by atoms with Crippen molar-refractivity contribution in [2.75, 3.05) is 47.1 Å². The van der Waals surface area contributed by atoms with Crippen molar-refractivity contribution in [3.63, 3.8) is 0 Å². The fourth-order valence-electron chi connectivity index (χ4n) is 4.78. The van der Waals surface area contributed by atoms with Crippen molar-refractivity contribution in [1.82, 2.24) is 4.90 Å². The highest BCUT2D eigenvalue weighted by Gasteiger charge is 2.33. The number of hydrogen-bond donors (Lipinski definition) is 1. The summed E-state index contributed by atoms with van der Waals surface area (Å²) in [5.41, 5.74) is 2.80. The minimum Gasteiger partial charge on any atom is -0.496 e. The van der Waals surface area contributed by atoms with Gasteiger partial charge >= 0.3 is 0 Å². The zero-order chi connectivity index (χ0) is 22.3. The van der Waals surface area contributed by atoms with Gasteiger partial charge in [-0.1, -0.05) is 36.8 Å². The van der Waals surface area contributed by atoms with Crippen molar-refractivity contribution in [2.24, 2.45) is 0 Å². The fraction of sp³-hybridized carbons (Fsp3) is 0.538. The summed E-state index contributed by atoms with van der Waals surface area (Å²) >= 11 is 0. The number of aryl methyl sites for hydroxylation is 1. The van der Waals surface area contributed by atoms with Crippen molar-refractivity contribution < 1.29 is 24.1 Å². The number of rotatable bonds is 10. The van der Waals surface area contributed by atoms with E-state index in [4.69, 9.17) is 18.9 Å². The molecule has 0 aromatic heterocycles. The average Bonchev–Trinajstić information content (AvgIpc) is 3.32. The summed E-state index contributed by atoms with van der Waals surface area (Å²) in [4.78, 5) is 2.43. The first-order valence-electron chi connectivity index (χ1n) is 11.7. The van der Waals surface area contributed by atoms with E-state index in [-0.39, 0.29) is 0 Å². The Kier molecular flexibility index (Phi) is 7.76. The van der Waals surface area contributed by atoms with Crippen LogP contribution in [-0.4, -0.2) is 57.1 Å². The number of ether oxygens (including phenoxy) is 4. The van der Waals surface area contributed by atoms with Gasteiger partial charge in [-0.3, -0.25) is 4.90 Å². The molecule has 1 unspecified atom stereocenters. The number of hydrogen-bond acceptors (Lipinski definition) is 6. The smallest absolute Gasteiger partial charge is 0.204 e. The van der Waals surface area contributed by atoms with Gasteiger partial charge in [0.25, 0.3) is 0 Å². The van der Waals surface area contributed by atoms with E-state index in [1.165, 1.54) is 24.8 Å². The molecule has 0 spiro atoms. The number of aliphatic hydroxyl groups excluding tert-OH is 1. The first-order chi connectivity index (χ1) is 15.7. The molecule has 2 aliphatic rings. The third-order valence-corrected chi connectivity index (χ3v) is 6.44. The van der Waals surface area contributed by atoms with E-state index < -0.39 is 6.10 Å². The highest BCUT2D eigenvalue weighted by atomic mass is 16.5. The van der Waals surface area contributed by atoms with Crippen LogP contribution in [0.4, 0.5) is 0 Å². The standard InChI is InChI=1S/C26H35NO5/c1-29-23-20-13-17-31-24(20)26(30-2)25(32-18-16-27-14-7-4-8-15-27)22(23)21(28)12-11-19-9-5-3-6-10-19/h3,5-6,9-10,21,28H,4,7-8,11-18H2,1-2H3. The highest BCUT2D eigenvalue weighted by Crippen LogP contribution is 2.53. The van der Waals surface area contributed by atoms with Crippen LogP contribution in [0.2, 0.25) is 0 Å². The Morgan fingerprint density at radius 3 is 2.47 bits per heavy atom. The first kappa shape index (κ1) is 22.7. The molecule has 1 N–H and O–H groups in total. The van der Waals surface area contributed by atoms with Crippen LogP contribution >= 0.6 is 0 Å². The maximum atomic E-state index is 11.3. The molecule has 2 aliphatic heterocycles. The van der Waals surface area contributed by atoms with Gasteiger partial charge < -0.3 is 24.1 Å². The van der Waals surface area contributed by atoms with Gasteiger partial charge in [-0.15, -0.1) is 0 Å². The Morgan fingerprint density at radius 1 is 1.00 bits per heavy atom. The number of likely N-dealkylation sites (tertiary alicyclic amines) is 1. The highest BCUT2D eigenvalue weighted by molar-refractivity contribution is 5.68. The third-order valence-electron chi connectivity index (χ3n) is 6.44. The van der Waals surface area contributed by atoms with Crippen LogP contribution in [0.15, 0.2) is 30.3 Å². The average molecular weight is 442 g/mol. The molecular formula is C26H35NO5. The normalized spacial score (nSPS) is 16.8. The van der Waals surface area contributed by atoms with Crippen molar-refractivity contribution >= 4 is 0 Å². The summed E-state index contributed by atoms with van der Waals surface area (Å²) in [6.45, 7) is 4.17. The molecule has 32 heavy (non-hydrogen) atoms. The summed E-state index contributed by atoms with van der Waals surface area (Å²) in [5.74, 6) is 2.44. The molecule has 0 amide bonds. The molecule has 2 aromatic carbocycles. The predicted octanol–water partition coefficient (Wildman–Crippen LogP) is 4.17. The summed E-state index contributed by atoms with van der Waals surface area (Å²) in [6, 6.07) is 10.2. The van der Waals surface area contributed by atoms with Gasteiger partial charge in [-0.2, -0.15) is 0 Å². The lowest BCUT2D eigenvalue weighted by Crippen LogP contribution is -2.33. The number of piperidine rings is 1. The lowest BCUT2D eigenvalue weighted by Gasteiger charge is -2.27. The van der Waals surface area contributed by atoms with E-state index in [0.717, 1.165) is 38.0 Å². The van der Waals surface area contributed by atoms with Gasteiger partial charge in [-0.25, -0.2) is 0 Å². The molecule has 0 aliphatic carbocycles. The second-order valence-electron chi connectivity index (χ2n) is 8.51. The van der Waals surface area contributed by atoms with Gasteiger partial charge in [-0.05, 0) is 44.3 Å². The molecule has 0 radical (unpaired) electrons. The van der Waals surface area contributed by atoms with Crippen LogP contribution in [0.1, 0.15) is 48.5 Å². The van der Waals surface area contributed by atoms with E-state index in [1.54, 1.807) is 14.2 Å². The summed E-state index contributed by atoms with van der Waals surface area (Å²) < 4.78 is 23.8. The number of benzene rings is 2. The van der Waals surface area contributed by atoms with E-state index in [2.05, 4.69) is 17.0 Å². The van der Waals surface area contributed by atoms with Gasteiger partial charge in [0.2, 0.25) is 5.75 Å². The molecule has 4 rings (SSSR count). The molecular weight excluding hydrogens is 406 g/mol. The predicted molar refractivity (Wildman–Crippen MR) is 124 cm³/mol. The number of fused-ring (bicyclic) bond motifs is 1. The van der Waals surface area contributed by atoms with Crippen LogP contribution < -0.4 is 18.9 Å². The third kappa shape index (κ3) is 4.97. The zero-order valence-corrected chi connectivity index (χ0v) is 19.3. The van der Waals surface area contributed by atoms with Crippen LogP contribution in [0.25, 0.3) is 0 Å². The van der Waals surface area contributed by atoms with Gasteiger partial charge in [0.15, 0.2) is 11.5 Å². The Labute approximate surface area is 191 Å². The fourth-order valence-corrected chi connectivity index (χ4v) is 4.78. The second-order valence-corrected chi connectivity index (χ2v) is 8.51. The monoisotopic (exact) mass is 441 g/mol. The van der Waals surface area contributed by atoms with Gasteiger partial charge in [0.1, 0.15) is 12.4 Å². The zero-order valence-electron chi connectivity index (χ0n) is 19.3. The quantitative estimate of drug-likeness (QED) is 0.597. The second kappa shape index (κ2) is 10.9. The van der Waals surface area contributed by atoms with E-state index in [0.29, 0.717) is 48.2 Å². The van der Waals surface area contributed by atoms with Gasteiger partial charge in [0, 0.05) is 18.5 Å². The minimum absolute atomic E-state index is 0.525. The molecule has 1 fully saturated rings. The summed E-state index contributed by atoms with van der Waals surface area (Å²) in [6.07, 6.45) is 5.10. The molecule has 0 saturated carbocycles. The van der Waals surface area contributed by atoms with Crippen LogP contribution in [0, 0.1) is 0 Å². The molecule has 0 bridgehead atoms. The molecule has 6 heteroatoms. The van der Waals surface area contributed by atoms with Crippen LogP contribution in [-0.2, 0) is 12.8 Å². The lowest BCUT2D eigenvalue weighted by atomic mass is 9.95. The summed E-state index contributed by atoms with van der Waals surface area (Å²) in [5, 5.41) is 11.3. The number of nitrogens with zero attached hydrogens (tertiary/aromatic N) is 1. The molecule has 174 valence electrons. The largest absolute Gasteiger partial charge is 0.496 e. The van der Waals surface area contributed by atoms with Crippen LogP contribution in [0.3, 0.4) is 0 Å². The number of methoxy groups -OCH3 is 2. The minimum atomic E-state index is -0.741. The Morgan fingerprint density at radius 2 is 1.75 bits per heavy atom. The maximum absolute atomic E-state index is 11.3. The maximum Gasteiger partial charge on any atom is 0.204 e. The SMILES string of the molecule is COc1c2c(c(OC)c(C(O)CCc3ccccc3)c1OCCN1CCCCC1)CCO2. The van der Waals surface area contributed by atoms with Crippen molar-refractivity contribution in [2.45, 2.75) is 44.6 Å². The molecule has 1 saturated heterocycles. The Balaban J connectivity index is 1.61. The van der Waals surface area contributed by atoms with E-state index in [9.17, 15) is 5.11 Å². The summed E-state index contributed by atoms with van der Waals surface area (Å²) in [7, 11) is 3.27. The van der Waals surface area contributed by atoms with Crippen LogP contribution in [0.5, 0.6) is 23.0 Å². The molecule has 6 nitrogen and oxygen atoms in total. The molecule has 1 atom stereocenters. The van der Waals surface area contributed by atoms with Crippen molar-refractivity contribution in [1.29, 1.82) is 0 Å². The van der Waals surface area contributed by atoms with E-state index >= 15 is 0 Å². The molecule has 2 aromatic rings.